The summed E-state index contributed by atoms with van der Waals surface area (Å²) >= 11 is 0. The normalized spacial score (nSPS) is 13.0. The van der Waals surface area contributed by atoms with Gasteiger partial charge in [-0.25, -0.2) is 4.57 Å². The number of pyridine rings is 1. The van der Waals surface area contributed by atoms with Crippen LogP contribution in [0.3, 0.4) is 0 Å². The molecular weight excluding hydrogens is 558 g/mol. The first-order chi connectivity index (χ1) is 21.7. The van der Waals surface area contributed by atoms with E-state index in [0.29, 0.717) is 17.8 Å². The third-order valence-corrected chi connectivity index (χ3v) is 10.3. The van der Waals surface area contributed by atoms with E-state index < -0.39 is 0 Å². The number of hydrogen-bond donors (Lipinski definition) is 0. The highest BCUT2D eigenvalue weighted by atomic mass is 15.0. The Bertz CT molecular complexity index is 2290. The molecule has 0 saturated heterocycles. The predicted octanol–water partition coefficient (Wildman–Crippen LogP) is 11.5. The second-order valence-corrected chi connectivity index (χ2v) is 16.1. The van der Waals surface area contributed by atoms with Gasteiger partial charge in [-0.15, -0.1) is 0 Å². The predicted molar refractivity (Wildman–Crippen MR) is 198 cm³/mol. The number of fused-ring (bicyclic) bond motifs is 5. The number of hydrogen-bond acceptors (Lipinski definition) is 1. The Kier molecular flexibility index (Phi) is 7.01. The first-order valence-corrected chi connectivity index (χ1v) is 17.2. The molecule has 4 aromatic carbocycles. The van der Waals surface area contributed by atoms with Crippen molar-refractivity contribution in [2.75, 3.05) is 0 Å². The van der Waals surface area contributed by atoms with Gasteiger partial charge in [-0.3, -0.25) is 0 Å². The molecule has 0 aliphatic carbocycles. The molecule has 0 unspecified atom stereocenters. The maximum Gasteiger partial charge on any atom is 0.287 e. The van der Waals surface area contributed by atoms with Crippen LogP contribution in [0.15, 0.2) is 54.9 Å². The summed E-state index contributed by atoms with van der Waals surface area (Å²) in [5.41, 5.74) is 17.4. The molecule has 46 heavy (non-hydrogen) atoms. The fourth-order valence-corrected chi connectivity index (χ4v) is 7.97. The van der Waals surface area contributed by atoms with Gasteiger partial charge in [-0.1, -0.05) is 80.5 Å². The lowest BCUT2D eigenvalue weighted by atomic mass is 9.81. The van der Waals surface area contributed by atoms with Crippen molar-refractivity contribution in [3.63, 3.8) is 0 Å². The molecule has 0 amide bonds. The van der Waals surface area contributed by atoms with Gasteiger partial charge in [0, 0.05) is 10.8 Å². The minimum Gasteiger partial charge on any atom is -0.308 e. The SMILES string of the molecule is Cc1cc2c3cc(CC(C)(C)C)ccc3n3c4cc(-c5c(C(C)C)cc(C(C)C)cc5C(C)C)cc5nc[n+](C)c(c(c1C)c23)c54. The Morgan fingerprint density at radius 1 is 0.761 bits per heavy atom. The molecule has 3 aromatic heterocycles. The Morgan fingerprint density at radius 3 is 2.04 bits per heavy atom. The fraction of sp³-hybridized carbons (Fsp3) is 0.395. The number of nitrogens with zero attached hydrogens (tertiary/aromatic N) is 3. The average Bonchev–Trinajstić information content (AvgIpc) is 3.29. The highest BCUT2D eigenvalue weighted by Gasteiger charge is 2.27. The van der Waals surface area contributed by atoms with Crippen LogP contribution in [0.25, 0.3) is 60.3 Å². The second-order valence-electron chi connectivity index (χ2n) is 16.1. The lowest BCUT2D eigenvalue weighted by Crippen LogP contribution is -2.30. The molecule has 7 aromatic rings. The molecule has 0 spiro atoms. The number of aromatic nitrogens is 3. The molecule has 3 nitrogen and oxygen atoms in total. The Labute approximate surface area is 274 Å². The molecule has 0 aliphatic heterocycles. The van der Waals surface area contributed by atoms with Crippen LogP contribution in [-0.2, 0) is 13.5 Å². The third-order valence-electron chi connectivity index (χ3n) is 10.3. The van der Waals surface area contributed by atoms with E-state index in [4.69, 9.17) is 4.98 Å². The maximum atomic E-state index is 5.12. The van der Waals surface area contributed by atoms with Crippen LogP contribution in [0.1, 0.15) is 113 Å². The van der Waals surface area contributed by atoms with Crippen molar-refractivity contribution >= 4 is 49.1 Å². The van der Waals surface area contributed by atoms with E-state index in [-0.39, 0.29) is 5.41 Å². The first kappa shape index (κ1) is 30.7. The molecule has 3 heteroatoms. The first-order valence-electron chi connectivity index (χ1n) is 17.2. The van der Waals surface area contributed by atoms with Crippen LogP contribution >= 0.6 is 0 Å². The van der Waals surface area contributed by atoms with E-state index in [0.717, 1.165) is 11.9 Å². The monoisotopic (exact) mass is 608 g/mol. The van der Waals surface area contributed by atoms with E-state index in [9.17, 15) is 0 Å². The molecule has 0 radical (unpaired) electrons. The summed E-state index contributed by atoms with van der Waals surface area (Å²) in [7, 11) is 2.16. The minimum atomic E-state index is 0.223. The second kappa shape index (κ2) is 10.5. The van der Waals surface area contributed by atoms with Gasteiger partial charge in [0.25, 0.3) is 6.33 Å². The van der Waals surface area contributed by atoms with E-state index in [1.165, 1.54) is 88.1 Å². The molecule has 0 atom stereocenters. The molecule has 0 N–H and O–H groups in total. The molecule has 0 bridgehead atoms. The van der Waals surface area contributed by atoms with Crippen LogP contribution in [0, 0.1) is 19.3 Å². The third kappa shape index (κ3) is 4.61. The van der Waals surface area contributed by atoms with Gasteiger partial charge >= 0.3 is 0 Å². The Hall–Kier alpha value is -3.98. The van der Waals surface area contributed by atoms with Gasteiger partial charge in [0.15, 0.2) is 5.52 Å². The number of rotatable bonds is 5. The molecule has 0 aliphatic rings. The van der Waals surface area contributed by atoms with Crippen molar-refractivity contribution in [3.8, 4) is 11.1 Å². The van der Waals surface area contributed by atoms with Crippen molar-refractivity contribution in [2.24, 2.45) is 12.5 Å². The number of aryl methyl sites for hydroxylation is 3. The van der Waals surface area contributed by atoms with Gasteiger partial charge in [-0.05, 0) is 123 Å². The van der Waals surface area contributed by atoms with Gasteiger partial charge in [-0.2, -0.15) is 0 Å². The quantitative estimate of drug-likeness (QED) is 0.108. The van der Waals surface area contributed by atoms with Crippen LogP contribution in [0.2, 0.25) is 0 Å². The summed E-state index contributed by atoms with van der Waals surface area (Å²) in [5.74, 6) is 1.29. The van der Waals surface area contributed by atoms with Crippen molar-refractivity contribution in [1.29, 1.82) is 0 Å². The maximum absolute atomic E-state index is 5.12. The molecule has 3 heterocycles. The topological polar surface area (TPSA) is 21.2 Å². The molecule has 0 fully saturated rings. The number of benzene rings is 4. The van der Waals surface area contributed by atoms with E-state index in [1.54, 1.807) is 0 Å². The molecule has 7 rings (SSSR count). The largest absolute Gasteiger partial charge is 0.308 e. The van der Waals surface area contributed by atoms with Gasteiger partial charge < -0.3 is 4.40 Å². The van der Waals surface area contributed by atoms with E-state index in [2.05, 4.69) is 141 Å². The van der Waals surface area contributed by atoms with Crippen LogP contribution < -0.4 is 4.57 Å². The van der Waals surface area contributed by atoms with Crippen molar-refractivity contribution in [2.45, 2.75) is 100 Å². The summed E-state index contributed by atoms with van der Waals surface area (Å²) in [6.07, 6.45) is 3.07. The fourth-order valence-electron chi connectivity index (χ4n) is 7.97. The van der Waals surface area contributed by atoms with Gasteiger partial charge in [0.05, 0.1) is 34.4 Å². The summed E-state index contributed by atoms with van der Waals surface area (Å²) in [6.45, 7) is 25.5. The Morgan fingerprint density at radius 2 is 1.43 bits per heavy atom. The van der Waals surface area contributed by atoms with E-state index in [1.807, 2.05) is 6.33 Å². The summed E-state index contributed by atoms with van der Waals surface area (Å²) in [6, 6.07) is 19.4. The minimum absolute atomic E-state index is 0.223. The summed E-state index contributed by atoms with van der Waals surface area (Å²) < 4.78 is 4.82. The zero-order valence-corrected chi connectivity index (χ0v) is 30.0. The van der Waals surface area contributed by atoms with Gasteiger partial charge in [0.2, 0.25) is 0 Å². The average molecular weight is 609 g/mol. The van der Waals surface area contributed by atoms with Crippen molar-refractivity contribution < 1.29 is 4.57 Å². The zero-order valence-electron chi connectivity index (χ0n) is 30.0. The van der Waals surface area contributed by atoms with Crippen LogP contribution in [-0.4, -0.2) is 9.38 Å². The standard InChI is InChI=1S/C43H50N3/c1-23(2)29-17-31(24(3)4)39(32(18-29)25(5)6)30-19-35-40-37(20-30)46-36-14-13-28(21-43(9,10)11)16-33(36)34-15-26(7)27(8)38(41(34)46)42(40)45(12)22-44-35/h13-20,22-25H,21H2,1-12H3/q+1. The lowest BCUT2D eigenvalue weighted by molar-refractivity contribution is -0.646. The smallest absolute Gasteiger partial charge is 0.287 e. The Balaban J connectivity index is 1.70. The summed E-state index contributed by atoms with van der Waals surface area (Å²) in [5, 5.41) is 5.27. The molecule has 0 saturated carbocycles. The van der Waals surface area contributed by atoms with Crippen molar-refractivity contribution in [3.05, 3.63) is 88.2 Å². The van der Waals surface area contributed by atoms with Crippen LogP contribution in [0.5, 0.6) is 0 Å². The van der Waals surface area contributed by atoms with E-state index >= 15 is 0 Å². The van der Waals surface area contributed by atoms with Crippen LogP contribution in [0.4, 0.5) is 0 Å². The zero-order chi connectivity index (χ0) is 33.0. The highest BCUT2D eigenvalue weighted by Crippen LogP contribution is 2.45. The highest BCUT2D eigenvalue weighted by molar-refractivity contribution is 6.26. The molecule has 236 valence electrons. The summed E-state index contributed by atoms with van der Waals surface area (Å²) in [4.78, 5) is 5.12. The van der Waals surface area contributed by atoms with Crippen molar-refractivity contribution in [1.82, 2.24) is 9.38 Å². The lowest BCUT2D eigenvalue weighted by Gasteiger charge is -2.24. The van der Waals surface area contributed by atoms with Gasteiger partial charge in [0.1, 0.15) is 5.52 Å². The molecular formula is C43H50N3+.